The molecule has 0 aromatic heterocycles. The summed E-state index contributed by atoms with van der Waals surface area (Å²) in [5.74, 6) is -5.81. The summed E-state index contributed by atoms with van der Waals surface area (Å²) in [7, 11) is 2.85. The van der Waals surface area contributed by atoms with Crippen LogP contribution in [0.25, 0.3) is 0 Å². The number of carbonyl (C=O) groups is 7. The van der Waals surface area contributed by atoms with Crippen LogP contribution in [-0.4, -0.2) is 205 Å². The summed E-state index contributed by atoms with van der Waals surface area (Å²) in [5.41, 5.74) is -3.77. The number of aromatic hydroxyl groups is 2. The Labute approximate surface area is 418 Å². The lowest BCUT2D eigenvalue weighted by Crippen LogP contribution is -2.55. The van der Waals surface area contributed by atoms with E-state index in [2.05, 4.69) is 4.90 Å². The van der Waals surface area contributed by atoms with E-state index in [1.165, 1.54) is 37.3 Å². The van der Waals surface area contributed by atoms with Gasteiger partial charge in [-0.3, -0.25) is 48.3 Å². The van der Waals surface area contributed by atoms with Crippen LogP contribution in [-0.2, 0) is 68.3 Å². The lowest BCUT2D eigenvalue weighted by Gasteiger charge is -2.43. The molecule has 0 radical (unpaired) electrons. The number of ketones is 3. The Morgan fingerprint density at radius 2 is 1.50 bits per heavy atom. The van der Waals surface area contributed by atoms with Crippen LogP contribution in [0.15, 0.2) is 18.2 Å². The Bertz CT molecular complexity index is 2510. The SMILES string of the molecule is COc1cccc2c1C(=O)c1c(O)c3c(c(O)c1C2=O)C[C@@](O)(C(=O)CSC1CC(=O)N(CCOCCOCCOCCN2C(=O)CC(C)C2=O)C1=O)C[C@@H]3O[C@H]1C[C@H]2[C@H](O[C@@H]3[C@@H](OC)OCCN32)[C@H](C)O1. The van der Waals surface area contributed by atoms with E-state index in [0.29, 0.717) is 13.2 Å². The lowest BCUT2D eigenvalue weighted by molar-refractivity contribution is -0.256. The van der Waals surface area contributed by atoms with Gasteiger partial charge in [-0.2, -0.15) is 0 Å². The molecule has 0 spiro atoms. The fraction of sp³-hybridized carbons (Fsp3) is 0.612. The van der Waals surface area contributed by atoms with Gasteiger partial charge in [0, 0.05) is 74.4 Å². The highest BCUT2D eigenvalue weighted by molar-refractivity contribution is 8.01. The number of hydrogen-bond donors (Lipinski definition) is 3. The highest BCUT2D eigenvalue weighted by Crippen LogP contribution is 2.53. The number of likely N-dealkylation sites (tertiary alicyclic amines) is 2. The molecular weight excluding hydrogens is 967 g/mol. The van der Waals surface area contributed by atoms with Crippen LogP contribution in [0.4, 0.5) is 0 Å². The highest BCUT2D eigenvalue weighted by atomic mass is 32.2. The minimum atomic E-state index is -2.31. The summed E-state index contributed by atoms with van der Waals surface area (Å²) < 4.78 is 52.6. The molecule has 4 amide bonds. The molecule has 23 heteroatoms. The number of phenols is 2. The summed E-state index contributed by atoms with van der Waals surface area (Å²) in [5, 5.41) is 35.6. The molecule has 5 saturated heterocycles. The van der Waals surface area contributed by atoms with E-state index in [0.717, 1.165) is 16.7 Å². The molecule has 0 saturated carbocycles. The Morgan fingerprint density at radius 3 is 2.17 bits per heavy atom. The molecule has 5 heterocycles. The van der Waals surface area contributed by atoms with Gasteiger partial charge in [0.05, 0.1) is 106 Å². The van der Waals surface area contributed by atoms with Crippen LogP contribution in [0.3, 0.4) is 0 Å². The van der Waals surface area contributed by atoms with Gasteiger partial charge in [0.2, 0.25) is 29.4 Å². The average Bonchev–Trinajstić information content (AvgIpc) is 3.96. The Kier molecular flexibility index (Phi) is 15.5. The van der Waals surface area contributed by atoms with Crippen LogP contribution < -0.4 is 4.74 Å². The first kappa shape index (κ1) is 52.0. The molecule has 5 aliphatic heterocycles. The van der Waals surface area contributed by atoms with Crippen molar-refractivity contribution >= 4 is 52.7 Å². The van der Waals surface area contributed by atoms with Crippen molar-refractivity contribution in [3.63, 3.8) is 0 Å². The van der Waals surface area contributed by atoms with Crippen molar-refractivity contribution < 1.29 is 91.5 Å². The van der Waals surface area contributed by atoms with E-state index in [-0.39, 0.29) is 124 Å². The van der Waals surface area contributed by atoms with Gasteiger partial charge in [-0.15, -0.1) is 11.8 Å². The third-order valence-electron chi connectivity index (χ3n) is 14.4. The molecule has 2 aromatic carbocycles. The number of benzene rings is 2. The zero-order valence-electron chi connectivity index (χ0n) is 40.4. The van der Waals surface area contributed by atoms with Gasteiger partial charge in [-0.1, -0.05) is 19.1 Å². The number of aliphatic hydroxyl groups is 1. The summed E-state index contributed by atoms with van der Waals surface area (Å²) in [6, 6.07) is 4.15. The molecule has 2 aliphatic carbocycles. The molecule has 7 aliphatic rings. The summed E-state index contributed by atoms with van der Waals surface area (Å²) in [4.78, 5) is 97.5. The number of fused-ring (bicyclic) bond motifs is 6. The smallest absolute Gasteiger partial charge is 0.242 e. The minimum Gasteiger partial charge on any atom is -0.507 e. The monoisotopic (exact) mass is 1030 g/mol. The van der Waals surface area contributed by atoms with E-state index < -0.39 is 118 Å². The predicted octanol–water partition coefficient (Wildman–Crippen LogP) is 1.02. The Morgan fingerprint density at radius 1 is 0.833 bits per heavy atom. The second-order valence-corrected chi connectivity index (χ2v) is 20.0. The molecule has 22 nitrogen and oxygen atoms in total. The first-order valence-corrected chi connectivity index (χ1v) is 25.1. The van der Waals surface area contributed by atoms with Crippen LogP contribution in [0.2, 0.25) is 0 Å². The maximum atomic E-state index is 14.3. The standard InChI is InChI=1S/C49H59N3O19S/c1-24-18-33(54)51(45(24)60)8-11-65-14-16-67-17-15-66-12-9-52-34(55)20-31(46(52)61)72-23-32(53)49(62)21-27-37(43(59)39-38(41(27)57)40(56)26-6-5-7-29(63-3)36(26)42(39)58)30(22-49)70-35-19-28-44(25(2)69-35)71-47-48(64-4)68-13-10-50(28)47/h5-7,24-25,28,30-31,35,44,47-48,57,59,62H,8-23H2,1-4H3/t24?,25-,28-,30-,31?,35-,44+,47+,48-,49-/m0/s1. The van der Waals surface area contributed by atoms with E-state index in [9.17, 15) is 48.9 Å². The number of ether oxygens (including phenoxy) is 9. The zero-order valence-corrected chi connectivity index (χ0v) is 41.2. The number of hydrogen-bond acceptors (Lipinski definition) is 21. The molecular formula is C49H59N3O19S. The third-order valence-corrected chi connectivity index (χ3v) is 15.6. The molecule has 2 aromatic rings. The quantitative estimate of drug-likeness (QED) is 0.0810. The zero-order chi connectivity index (χ0) is 51.2. The number of Topliss-reactive ketones (excluding diaryl/α,β-unsaturated/α-hetero) is 1. The van der Waals surface area contributed by atoms with Crippen LogP contribution >= 0.6 is 11.8 Å². The van der Waals surface area contributed by atoms with Gasteiger partial charge in [0.15, 0.2) is 30.4 Å². The average molecular weight is 1030 g/mol. The summed E-state index contributed by atoms with van der Waals surface area (Å²) >= 11 is 0.876. The Hall–Kier alpha value is -4.92. The summed E-state index contributed by atoms with van der Waals surface area (Å²) in [6.07, 6.45) is -5.39. The number of methoxy groups -OCH3 is 2. The molecule has 9 rings (SSSR count). The van der Waals surface area contributed by atoms with Crippen LogP contribution in [0.5, 0.6) is 17.2 Å². The number of thioether (sulfide) groups is 1. The first-order chi connectivity index (χ1) is 34.6. The van der Waals surface area contributed by atoms with Gasteiger partial charge in [-0.25, -0.2) is 0 Å². The number of rotatable bonds is 20. The minimum absolute atomic E-state index is 0.0242. The third kappa shape index (κ3) is 9.69. The maximum absolute atomic E-state index is 14.3. The molecule has 3 N–H and O–H groups in total. The maximum Gasteiger partial charge on any atom is 0.242 e. The van der Waals surface area contributed by atoms with Gasteiger partial charge in [0.1, 0.15) is 29.0 Å². The van der Waals surface area contributed by atoms with Gasteiger partial charge >= 0.3 is 0 Å². The Balaban J connectivity index is 0.845. The summed E-state index contributed by atoms with van der Waals surface area (Å²) in [6.45, 7) is 5.64. The van der Waals surface area contributed by atoms with E-state index >= 15 is 0 Å². The van der Waals surface area contributed by atoms with E-state index in [1.807, 2.05) is 6.92 Å². The molecule has 390 valence electrons. The number of nitrogens with zero attached hydrogens (tertiary/aromatic N) is 3. The van der Waals surface area contributed by atoms with Crippen LogP contribution in [0, 0.1) is 5.92 Å². The fourth-order valence-electron chi connectivity index (χ4n) is 10.8. The number of phenolic OH excluding ortho intramolecular Hbond substituents is 2. The number of morpholine rings is 1. The second kappa shape index (κ2) is 21.5. The van der Waals surface area contributed by atoms with E-state index in [4.69, 9.17) is 42.6 Å². The first-order valence-electron chi connectivity index (χ1n) is 24.1. The van der Waals surface area contributed by atoms with Crippen molar-refractivity contribution in [3.8, 4) is 17.2 Å². The highest BCUT2D eigenvalue weighted by Gasteiger charge is 2.55. The predicted molar refractivity (Wildman–Crippen MR) is 247 cm³/mol. The largest absolute Gasteiger partial charge is 0.507 e. The fourth-order valence-corrected chi connectivity index (χ4v) is 12.0. The number of amides is 4. The molecule has 5 fully saturated rings. The molecule has 72 heavy (non-hydrogen) atoms. The number of imide groups is 2. The van der Waals surface area contributed by atoms with Gasteiger partial charge < -0.3 is 58.0 Å². The van der Waals surface area contributed by atoms with Crippen molar-refractivity contribution in [2.75, 3.05) is 85.9 Å². The topological polar surface area (TPSA) is 273 Å². The van der Waals surface area contributed by atoms with E-state index in [1.54, 1.807) is 6.92 Å². The second-order valence-electron chi connectivity index (χ2n) is 18.8. The molecule has 10 atom stereocenters. The van der Waals surface area contributed by atoms with Crippen molar-refractivity contribution in [2.24, 2.45) is 5.92 Å². The van der Waals surface area contributed by atoms with Gasteiger partial charge in [-0.05, 0) is 13.0 Å². The van der Waals surface area contributed by atoms with Crippen molar-refractivity contribution in [1.82, 2.24) is 14.7 Å². The molecule has 2 unspecified atom stereocenters. The van der Waals surface area contributed by atoms with Crippen LogP contribution in [0.1, 0.15) is 88.6 Å². The lowest BCUT2D eigenvalue weighted by atomic mass is 9.72. The normalized spacial score (nSPS) is 30.2. The number of carbonyl (C=O) groups excluding carboxylic acids is 7. The van der Waals surface area contributed by atoms with Crippen molar-refractivity contribution in [2.45, 2.75) is 100.0 Å². The van der Waals surface area contributed by atoms with Crippen molar-refractivity contribution in [3.05, 3.63) is 51.6 Å². The van der Waals surface area contributed by atoms with Gasteiger partial charge in [0.25, 0.3) is 0 Å². The van der Waals surface area contributed by atoms with Crippen molar-refractivity contribution in [1.29, 1.82) is 0 Å². The molecule has 0 bridgehead atoms.